The van der Waals surface area contributed by atoms with Crippen molar-refractivity contribution in [3.05, 3.63) is 35.9 Å². The molecule has 0 saturated carbocycles. The monoisotopic (exact) mass is 346 g/mol. The molecule has 0 N–H and O–H groups in total. The topological polar surface area (TPSA) is 49.9 Å². The SMILES string of the molecule is COC(=O)CCC(=O)N(CCc1ccccc1)C[C@@H]1CCCN(C)C1. The standard InChI is InChI=1S/C20H30N2O3/c1-21-13-6-9-18(15-21)16-22(19(23)10-11-20(24)25-2)14-12-17-7-4-3-5-8-17/h3-5,7-8,18H,6,9-16H2,1-2H3/t18-/m1/s1. The molecule has 1 aromatic carbocycles. The second-order valence-corrected chi connectivity index (χ2v) is 6.92. The summed E-state index contributed by atoms with van der Waals surface area (Å²) < 4.78 is 4.66. The number of piperidine rings is 1. The molecule has 1 heterocycles. The van der Waals surface area contributed by atoms with Gasteiger partial charge in [0.2, 0.25) is 5.91 Å². The molecule has 1 fully saturated rings. The van der Waals surface area contributed by atoms with Gasteiger partial charge in [0.25, 0.3) is 0 Å². The number of hydrogen-bond acceptors (Lipinski definition) is 4. The van der Waals surface area contributed by atoms with E-state index >= 15 is 0 Å². The minimum atomic E-state index is -0.325. The largest absolute Gasteiger partial charge is 0.469 e. The van der Waals surface area contributed by atoms with Gasteiger partial charge in [-0.3, -0.25) is 9.59 Å². The molecular weight excluding hydrogens is 316 g/mol. The number of carbonyl (C=O) groups is 2. The molecule has 1 aliphatic rings. The number of hydrogen-bond donors (Lipinski definition) is 0. The van der Waals surface area contributed by atoms with Gasteiger partial charge in [0.05, 0.1) is 13.5 Å². The lowest BCUT2D eigenvalue weighted by Gasteiger charge is -2.34. The number of nitrogens with zero attached hydrogens (tertiary/aromatic N) is 2. The molecule has 1 atom stereocenters. The van der Waals surface area contributed by atoms with E-state index in [1.807, 2.05) is 23.1 Å². The first kappa shape index (κ1) is 19.4. The van der Waals surface area contributed by atoms with Crippen LogP contribution in [0.15, 0.2) is 30.3 Å². The van der Waals surface area contributed by atoms with Gasteiger partial charge in [0.1, 0.15) is 0 Å². The fraction of sp³-hybridized carbons (Fsp3) is 0.600. The smallest absolute Gasteiger partial charge is 0.306 e. The molecule has 2 rings (SSSR count). The van der Waals surface area contributed by atoms with E-state index in [9.17, 15) is 9.59 Å². The summed E-state index contributed by atoms with van der Waals surface area (Å²) >= 11 is 0. The first-order valence-electron chi connectivity index (χ1n) is 9.15. The predicted molar refractivity (Wildman–Crippen MR) is 98.2 cm³/mol. The minimum absolute atomic E-state index is 0.0505. The van der Waals surface area contributed by atoms with Crippen LogP contribution in [0, 0.1) is 5.92 Å². The van der Waals surface area contributed by atoms with Crippen molar-refractivity contribution in [1.29, 1.82) is 0 Å². The fourth-order valence-corrected chi connectivity index (χ4v) is 3.43. The number of methoxy groups -OCH3 is 1. The Labute approximate surface area is 150 Å². The van der Waals surface area contributed by atoms with Crippen molar-refractivity contribution in [3.8, 4) is 0 Å². The maximum atomic E-state index is 12.6. The van der Waals surface area contributed by atoms with Crippen LogP contribution in [-0.2, 0) is 20.7 Å². The van der Waals surface area contributed by atoms with Gasteiger partial charge in [-0.05, 0) is 44.3 Å². The van der Waals surface area contributed by atoms with Gasteiger partial charge in [-0.1, -0.05) is 30.3 Å². The molecule has 138 valence electrons. The highest BCUT2D eigenvalue weighted by atomic mass is 16.5. The van der Waals surface area contributed by atoms with Crippen molar-refractivity contribution >= 4 is 11.9 Å². The molecular formula is C20H30N2O3. The molecule has 25 heavy (non-hydrogen) atoms. The Balaban J connectivity index is 1.94. The Morgan fingerprint density at radius 3 is 2.68 bits per heavy atom. The summed E-state index contributed by atoms with van der Waals surface area (Å²) in [5.74, 6) is 0.236. The summed E-state index contributed by atoms with van der Waals surface area (Å²) in [6.45, 7) is 3.64. The van der Waals surface area contributed by atoms with E-state index in [-0.39, 0.29) is 24.7 Å². The first-order valence-corrected chi connectivity index (χ1v) is 9.15. The predicted octanol–water partition coefficient (Wildman–Crippen LogP) is 2.35. The molecule has 5 nitrogen and oxygen atoms in total. The third-order valence-electron chi connectivity index (χ3n) is 4.84. The molecule has 0 spiro atoms. The summed E-state index contributed by atoms with van der Waals surface area (Å²) in [6.07, 6.45) is 3.57. The second kappa shape index (κ2) is 10.2. The normalized spacial score (nSPS) is 17.9. The zero-order chi connectivity index (χ0) is 18.1. The van der Waals surface area contributed by atoms with E-state index in [4.69, 9.17) is 0 Å². The minimum Gasteiger partial charge on any atom is -0.469 e. The van der Waals surface area contributed by atoms with Crippen LogP contribution in [0.4, 0.5) is 0 Å². The quantitative estimate of drug-likeness (QED) is 0.678. The lowest BCUT2D eigenvalue weighted by Crippen LogP contribution is -2.42. The summed E-state index contributed by atoms with van der Waals surface area (Å²) in [6, 6.07) is 10.2. The van der Waals surface area contributed by atoms with Crippen LogP contribution in [0.1, 0.15) is 31.2 Å². The molecule has 5 heteroatoms. The van der Waals surface area contributed by atoms with Crippen molar-refractivity contribution in [2.24, 2.45) is 5.92 Å². The Kier molecular flexibility index (Phi) is 7.92. The summed E-state index contributed by atoms with van der Waals surface area (Å²) in [4.78, 5) is 28.3. The number of likely N-dealkylation sites (tertiary alicyclic amines) is 1. The molecule has 1 aromatic rings. The van der Waals surface area contributed by atoms with Gasteiger partial charge in [0.15, 0.2) is 0 Å². The van der Waals surface area contributed by atoms with Crippen LogP contribution < -0.4 is 0 Å². The van der Waals surface area contributed by atoms with Crippen LogP contribution in [-0.4, -0.2) is 62.0 Å². The number of amides is 1. The second-order valence-electron chi connectivity index (χ2n) is 6.92. The molecule has 0 bridgehead atoms. The van der Waals surface area contributed by atoms with E-state index in [1.165, 1.54) is 19.1 Å². The molecule has 0 radical (unpaired) electrons. The molecule has 1 amide bonds. The number of rotatable bonds is 8. The summed E-state index contributed by atoms with van der Waals surface area (Å²) in [5, 5.41) is 0. The molecule has 1 saturated heterocycles. The van der Waals surface area contributed by atoms with Crippen molar-refractivity contribution in [2.75, 3.05) is 40.3 Å². The third kappa shape index (κ3) is 6.86. The van der Waals surface area contributed by atoms with Crippen molar-refractivity contribution in [1.82, 2.24) is 9.80 Å². The van der Waals surface area contributed by atoms with Gasteiger partial charge < -0.3 is 14.5 Å². The fourth-order valence-electron chi connectivity index (χ4n) is 3.43. The maximum absolute atomic E-state index is 12.6. The van der Waals surface area contributed by atoms with Crippen LogP contribution in [0.25, 0.3) is 0 Å². The van der Waals surface area contributed by atoms with E-state index < -0.39 is 0 Å². The number of carbonyl (C=O) groups excluding carboxylic acids is 2. The summed E-state index contributed by atoms with van der Waals surface area (Å²) in [7, 11) is 3.50. The lowest BCUT2D eigenvalue weighted by atomic mass is 9.97. The Bertz CT molecular complexity index is 547. The number of esters is 1. The van der Waals surface area contributed by atoms with Gasteiger partial charge >= 0.3 is 5.97 Å². The first-order chi connectivity index (χ1) is 12.1. The third-order valence-corrected chi connectivity index (χ3v) is 4.84. The Morgan fingerprint density at radius 2 is 2.00 bits per heavy atom. The van der Waals surface area contributed by atoms with Crippen LogP contribution in [0.3, 0.4) is 0 Å². The van der Waals surface area contributed by atoms with Crippen molar-refractivity contribution < 1.29 is 14.3 Å². The molecule has 0 unspecified atom stereocenters. The van der Waals surface area contributed by atoms with Gasteiger partial charge in [0, 0.05) is 26.1 Å². The highest BCUT2D eigenvalue weighted by Gasteiger charge is 2.23. The molecule has 0 aromatic heterocycles. The zero-order valence-electron chi connectivity index (χ0n) is 15.4. The van der Waals surface area contributed by atoms with Crippen molar-refractivity contribution in [3.63, 3.8) is 0 Å². The van der Waals surface area contributed by atoms with E-state index in [0.717, 1.165) is 32.5 Å². The van der Waals surface area contributed by atoms with Gasteiger partial charge in [-0.2, -0.15) is 0 Å². The van der Waals surface area contributed by atoms with Gasteiger partial charge in [-0.25, -0.2) is 0 Å². The molecule has 1 aliphatic heterocycles. The highest BCUT2D eigenvalue weighted by Crippen LogP contribution is 2.17. The molecule has 0 aliphatic carbocycles. The number of ether oxygens (including phenoxy) is 1. The Hall–Kier alpha value is -1.88. The number of benzene rings is 1. The Morgan fingerprint density at radius 1 is 1.24 bits per heavy atom. The van der Waals surface area contributed by atoms with E-state index in [2.05, 4.69) is 28.8 Å². The zero-order valence-corrected chi connectivity index (χ0v) is 15.4. The summed E-state index contributed by atoms with van der Waals surface area (Å²) in [5.41, 5.74) is 1.23. The van der Waals surface area contributed by atoms with Gasteiger partial charge in [-0.15, -0.1) is 0 Å². The van der Waals surface area contributed by atoms with Crippen molar-refractivity contribution in [2.45, 2.75) is 32.1 Å². The van der Waals surface area contributed by atoms with Crippen LogP contribution in [0.5, 0.6) is 0 Å². The van der Waals surface area contributed by atoms with E-state index in [1.54, 1.807) is 0 Å². The average Bonchev–Trinajstić information content (AvgIpc) is 2.63. The maximum Gasteiger partial charge on any atom is 0.306 e. The van der Waals surface area contributed by atoms with Crippen LogP contribution >= 0.6 is 0 Å². The average molecular weight is 346 g/mol. The van der Waals surface area contributed by atoms with E-state index in [0.29, 0.717) is 12.5 Å². The van der Waals surface area contributed by atoms with Crippen LogP contribution in [0.2, 0.25) is 0 Å². The highest BCUT2D eigenvalue weighted by molar-refractivity contribution is 5.81. The lowest BCUT2D eigenvalue weighted by molar-refractivity contribution is -0.143.